The molecular weight excluding hydrogens is 241 g/mol. The van der Waals surface area contributed by atoms with E-state index in [-0.39, 0.29) is 11.9 Å². The Balaban J connectivity index is 1.85. The number of fused-ring (bicyclic) bond motifs is 1. The molecule has 3 rings (SSSR count). The molecule has 0 bridgehead atoms. The second-order valence-electron chi connectivity index (χ2n) is 4.87. The van der Waals surface area contributed by atoms with Crippen LogP contribution >= 0.6 is 0 Å². The summed E-state index contributed by atoms with van der Waals surface area (Å²) in [5.74, 6) is 0.700. The van der Waals surface area contributed by atoms with Crippen LogP contribution in [0.1, 0.15) is 22.7 Å². The fourth-order valence-corrected chi connectivity index (χ4v) is 2.56. The molecule has 1 aliphatic rings. The van der Waals surface area contributed by atoms with Crippen molar-refractivity contribution in [1.29, 1.82) is 0 Å². The van der Waals surface area contributed by atoms with E-state index in [9.17, 15) is 4.39 Å². The molecule has 0 saturated carbocycles. The van der Waals surface area contributed by atoms with Crippen LogP contribution in [-0.2, 0) is 12.8 Å². The van der Waals surface area contributed by atoms with Gasteiger partial charge in [-0.2, -0.15) is 0 Å². The molecule has 98 valence electrons. The normalized spacial score (nSPS) is 14.8. The summed E-state index contributed by atoms with van der Waals surface area (Å²) in [5.41, 5.74) is 9.38. The van der Waals surface area contributed by atoms with Gasteiger partial charge in [-0.25, -0.2) is 4.39 Å². The molecule has 2 aromatic rings. The second kappa shape index (κ2) is 5.02. The smallest absolute Gasteiger partial charge is 0.127 e. The third-order valence-corrected chi connectivity index (χ3v) is 3.49. The fourth-order valence-electron chi connectivity index (χ4n) is 2.56. The van der Waals surface area contributed by atoms with Crippen LogP contribution in [0.25, 0.3) is 0 Å². The number of halogens is 1. The van der Waals surface area contributed by atoms with E-state index in [1.165, 1.54) is 17.7 Å². The number of nitrogens with two attached hydrogens (primary N) is 1. The summed E-state index contributed by atoms with van der Waals surface area (Å²) in [5, 5.41) is 0. The van der Waals surface area contributed by atoms with E-state index in [0.717, 1.165) is 29.9 Å². The van der Waals surface area contributed by atoms with Crippen LogP contribution in [0, 0.1) is 5.82 Å². The van der Waals surface area contributed by atoms with Crippen LogP contribution in [0.15, 0.2) is 42.5 Å². The van der Waals surface area contributed by atoms with Gasteiger partial charge in [0.15, 0.2) is 0 Å². The Hall–Kier alpha value is -1.87. The van der Waals surface area contributed by atoms with Gasteiger partial charge in [-0.05, 0) is 29.7 Å². The van der Waals surface area contributed by atoms with E-state index in [1.54, 1.807) is 6.07 Å². The Kier molecular flexibility index (Phi) is 3.22. The summed E-state index contributed by atoms with van der Waals surface area (Å²) < 4.78 is 18.8. The van der Waals surface area contributed by atoms with Crippen molar-refractivity contribution in [2.24, 2.45) is 5.73 Å². The average Bonchev–Trinajstić information content (AvgIpc) is 2.86. The van der Waals surface area contributed by atoms with Crippen molar-refractivity contribution in [3.05, 3.63) is 65.0 Å². The first kappa shape index (κ1) is 12.2. The Morgan fingerprint density at radius 2 is 2.05 bits per heavy atom. The molecule has 2 N–H and O–H groups in total. The molecular formula is C16H16FNO. The standard InChI is InChI=1S/C16H16FNO/c17-13-5-1-3-11(9-13)10-15(18)14-6-2-4-12-7-8-19-16(12)14/h1-6,9,15H,7-8,10,18H2. The van der Waals surface area contributed by atoms with Crippen LogP contribution in [0.5, 0.6) is 5.75 Å². The Bertz CT molecular complexity index is 597. The molecule has 0 saturated heterocycles. The summed E-state index contributed by atoms with van der Waals surface area (Å²) in [6.45, 7) is 0.721. The van der Waals surface area contributed by atoms with E-state index in [0.29, 0.717) is 6.42 Å². The highest BCUT2D eigenvalue weighted by Gasteiger charge is 2.20. The maximum atomic E-state index is 13.2. The summed E-state index contributed by atoms with van der Waals surface area (Å²) in [6, 6.07) is 12.5. The lowest BCUT2D eigenvalue weighted by Crippen LogP contribution is -2.14. The maximum absolute atomic E-state index is 13.2. The van der Waals surface area contributed by atoms with Crippen molar-refractivity contribution >= 4 is 0 Å². The highest BCUT2D eigenvalue weighted by atomic mass is 19.1. The third-order valence-electron chi connectivity index (χ3n) is 3.49. The average molecular weight is 257 g/mol. The van der Waals surface area contributed by atoms with Gasteiger partial charge in [0.05, 0.1) is 6.61 Å². The zero-order valence-electron chi connectivity index (χ0n) is 10.6. The number of benzene rings is 2. The van der Waals surface area contributed by atoms with E-state index >= 15 is 0 Å². The van der Waals surface area contributed by atoms with Gasteiger partial charge in [0.25, 0.3) is 0 Å². The van der Waals surface area contributed by atoms with E-state index in [1.807, 2.05) is 18.2 Å². The van der Waals surface area contributed by atoms with E-state index < -0.39 is 0 Å². The van der Waals surface area contributed by atoms with Gasteiger partial charge in [-0.1, -0.05) is 30.3 Å². The van der Waals surface area contributed by atoms with Gasteiger partial charge in [0.1, 0.15) is 11.6 Å². The summed E-state index contributed by atoms with van der Waals surface area (Å²) in [6.07, 6.45) is 1.55. The molecule has 0 fully saturated rings. The minimum atomic E-state index is -0.223. The van der Waals surface area contributed by atoms with Gasteiger partial charge in [-0.15, -0.1) is 0 Å². The molecule has 2 nitrogen and oxygen atoms in total. The molecule has 0 aromatic heterocycles. The summed E-state index contributed by atoms with van der Waals surface area (Å²) in [7, 11) is 0. The van der Waals surface area contributed by atoms with Gasteiger partial charge in [0, 0.05) is 18.0 Å². The lowest BCUT2D eigenvalue weighted by Gasteiger charge is -2.15. The first-order valence-corrected chi connectivity index (χ1v) is 6.48. The quantitative estimate of drug-likeness (QED) is 0.917. The topological polar surface area (TPSA) is 35.2 Å². The monoisotopic (exact) mass is 257 g/mol. The largest absolute Gasteiger partial charge is 0.493 e. The molecule has 0 radical (unpaired) electrons. The van der Waals surface area contributed by atoms with Crippen LogP contribution in [0.3, 0.4) is 0 Å². The molecule has 3 heteroatoms. The molecule has 1 unspecified atom stereocenters. The van der Waals surface area contributed by atoms with Crippen molar-refractivity contribution in [2.75, 3.05) is 6.61 Å². The molecule has 1 atom stereocenters. The van der Waals surface area contributed by atoms with E-state index in [2.05, 4.69) is 6.07 Å². The van der Waals surface area contributed by atoms with Crippen molar-refractivity contribution in [1.82, 2.24) is 0 Å². The highest BCUT2D eigenvalue weighted by Crippen LogP contribution is 2.33. The lowest BCUT2D eigenvalue weighted by atomic mass is 9.97. The molecule has 19 heavy (non-hydrogen) atoms. The number of hydrogen-bond donors (Lipinski definition) is 1. The molecule has 0 spiro atoms. The van der Waals surface area contributed by atoms with Crippen LogP contribution in [0.2, 0.25) is 0 Å². The van der Waals surface area contributed by atoms with Gasteiger partial charge < -0.3 is 10.5 Å². The first-order valence-electron chi connectivity index (χ1n) is 6.48. The molecule has 2 aromatic carbocycles. The molecule has 1 aliphatic heterocycles. The second-order valence-corrected chi connectivity index (χ2v) is 4.87. The lowest BCUT2D eigenvalue weighted by molar-refractivity contribution is 0.351. The minimum Gasteiger partial charge on any atom is -0.493 e. The predicted octanol–water partition coefficient (Wildman–Crippen LogP) is 3.00. The third kappa shape index (κ3) is 2.47. The number of ether oxygens (including phenoxy) is 1. The number of para-hydroxylation sites is 1. The molecule has 1 heterocycles. The zero-order chi connectivity index (χ0) is 13.2. The Morgan fingerprint density at radius 3 is 2.89 bits per heavy atom. The van der Waals surface area contributed by atoms with Gasteiger partial charge in [-0.3, -0.25) is 0 Å². The fraction of sp³-hybridized carbons (Fsp3) is 0.250. The number of rotatable bonds is 3. The first-order chi connectivity index (χ1) is 9.24. The maximum Gasteiger partial charge on any atom is 0.127 e. The van der Waals surface area contributed by atoms with Gasteiger partial charge >= 0.3 is 0 Å². The predicted molar refractivity (Wildman–Crippen MR) is 72.7 cm³/mol. The Morgan fingerprint density at radius 1 is 1.21 bits per heavy atom. The SMILES string of the molecule is NC(Cc1cccc(F)c1)c1cccc2c1OCC2. The van der Waals surface area contributed by atoms with Crippen molar-refractivity contribution in [3.8, 4) is 5.75 Å². The molecule has 0 amide bonds. The van der Waals surface area contributed by atoms with Crippen LogP contribution in [-0.4, -0.2) is 6.61 Å². The Labute approximate surface area is 112 Å². The highest BCUT2D eigenvalue weighted by molar-refractivity contribution is 5.46. The van der Waals surface area contributed by atoms with Crippen LogP contribution < -0.4 is 10.5 Å². The van der Waals surface area contributed by atoms with Crippen molar-refractivity contribution in [3.63, 3.8) is 0 Å². The molecule has 0 aliphatic carbocycles. The summed E-state index contributed by atoms with van der Waals surface area (Å²) >= 11 is 0. The van der Waals surface area contributed by atoms with Crippen molar-refractivity contribution < 1.29 is 9.13 Å². The van der Waals surface area contributed by atoms with Crippen LogP contribution in [0.4, 0.5) is 4.39 Å². The van der Waals surface area contributed by atoms with Crippen molar-refractivity contribution in [2.45, 2.75) is 18.9 Å². The van der Waals surface area contributed by atoms with Gasteiger partial charge in [0.2, 0.25) is 0 Å². The zero-order valence-corrected chi connectivity index (χ0v) is 10.6. The number of hydrogen-bond acceptors (Lipinski definition) is 2. The summed E-state index contributed by atoms with van der Waals surface area (Å²) in [4.78, 5) is 0. The minimum absolute atomic E-state index is 0.171. The van der Waals surface area contributed by atoms with E-state index in [4.69, 9.17) is 10.5 Å².